The van der Waals surface area contributed by atoms with Crippen molar-refractivity contribution < 1.29 is 14.3 Å². The number of carbonyl (C=O) groups is 1. The average Bonchev–Trinajstić information content (AvgIpc) is 2.66. The van der Waals surface area contributed by atoms with Crippen LogP contribution in [0.2, 0.25) is 0 Å². The lowest BCUT2D eigenvalue weighted by atomic mass is 10.1. The predicted molar refractivity (Wildman–Crippen MR) is 93.5 cm³/mol. The minimum absolute atomic E-state index is 0.0388. The zero-order valence-electron chi connectivity index (χ0n) is 13.9. The Balaban J connectivity index is 1.94. The molecule has 1 aromatic heterocycles. The van der Waals surface area contributed by atoms with E-state index in [9.17, 15) is 10.1 Å². The number of hydrogen-bond donors (Lipinski definition) is 1. The highest BCUT2D eigenvalue weighted by Gasteiger charge is 2.09. The number of nitrogens with zero attached hydrogens (tertiary/aromatic N) is 2. The van der Waals surface area contributed by atoms with Crippen molar-refractivity contribution in [2.75, 3.05) is 20.4 Å². The van der Waals surface area contributed by atoms with Gasteiger partial charge in [-0.3, -0.25) is 9.78 Å². The van der Waals surface area contributed by atoms with Gasteiger partial charge in [-0.05, 0) is 35.8 Å². The number of amides is 1. The molecule has 0 unspecified atom stereocenters. The molecule has 1 heterocycles. The molecule has 25 heavy (non-hydrogen) atoms. The van der Waals surface area contributed by atoms with Gasteiger partial charge in [0.15, 0.2) is 6.79 Å². The monoisotopic (exact) mass is 337 g/mol. The number of methoxy groups -OCH3 is 1. The fourth-order valence-corrected chi connectivity index (χ4v) is 2.16. The highest BCUT2D eigenvalue weighted by atomic mass is 16.7. The van der Waals surface area contributed by atoms with Crippen molar-refractivity contribution in [1.29, 1.82) is 5.26 Å². The molecule has 6 heteroatoms. The predicted octanol–water partition coefficient (Wildman–Crippen LogP) is 2.33. The number of nitrogens with one attached hydrogen (secondary N) is 1. The van der Waals surface area contributed by atoms with Gasteiger partial charge in [-0.1, -0.05) is 24.3 Å². The second-order valence-corrected chi connectivity index (χ2v) is 5.12. The molecule has 2 aromatic rings. The number of rotatable bonds is 8. The zero-order chi connectivity index (χ0) is 17.9. The number of carbonyl (C=O) groups excluding carboxylic acids is 1. The highest BCUT2D eigenvalue weighted by Crippen LogP contribution is 2.18. The van der Waals surface area contributed by atoms with Crippen LogP contribution in [0.1, 0.15) is 11.1 Å². The van der Waals surface area contributed by atoms with Crippen LogP contribution >= 0.6 is 0 Å². The summed E-state index contributed by atoms with van der Waals surface area (Å²) in [5.74, 6) is 0.298. The smallest absolute Gasteiger partial charge is 0.261 e. The summed E-state index contributed by atoms with van der Waals surface area (Å²) in [6, 6.07) is 13.0. The molecule has 1 N–H and O–H groups in total. The molecule has 0 saturated carbocycles. The van der Waals surface area contributed by atoms with Gasteiger partial charge in [0.05, 0.1) is 0 Å². The molecule has 0 atom stereocenters. The molecule has 128 valence electrons. The lowest BCUT2D eigenvalue weighted by molar-refractivity contribution is -0.117. The molecule has 1 aromatic carbocycles. The van der Waals surface area contributed by atoms with E-state index < -0.39 is 5.91 Å². The molecule has 0 radical (unpaired) electrons. The first-order chi connectivity index (χ1) is 12.2. The highest BCUT2D eigenvalue weighted by molar-refractivity contribution is 6.01. The van der Waals surface area contributed by atoms with Crippen LogP contribution < -0.4 is 10.1 Å². The molecule has 0 saturated heterocycles. The largest absolute Gasteiger partial charge is 0.467 e. The topological polar surface area (TPSA) is 84.2 Å². The van der Waals surface area contributed by atoms with E-state index in [4.69, 9.17) is 9.47 Å². The molecule has 0 aliphatic rings. The molecular weight excluding hydrogens is 318 g/mol. The van der Waals surface area contributed by atoms with Crippen molar-refractivity contribution in [1.82, 2.24) is 10.3 Å². The van der Waals surface area contributed by atoms with E-state index in [1.165, 1.54) is 6.08 Å². The van der Waals surface area contributed by atoms with Crippen LogP contribution in [0.15, 0.2) is 54.4 Å². The first kappa shape index (κ1) is 18.2. The summed E-state index contributed by atoms with van der Waals surface area (Å²) in [6.07, 6.45) is 5.32. The van der Waals surface area contributed by atoms with E-state index in [0.29, 0.717) is 24.3 Å². The third-order valence-corrected chi connectivity index (χ3v) is 3.35. The van der Waals surface area contributed by atoms with Gasteiger partial charge in [0.2, 0.25) is 0 Å². The fraction of sp³-hybridized carbons (Fsp3) is 0.211. The third-order valence-electron chi connectivity index (χ3n) is 3.35. The molecule has 6 nitrogen and oxygen atoms in total. The van der Waals surface area contributed by atoms with Gasteiger partial charge in [-0.25, -0.2) is 0 Å². The zero-order valence-corrected chi connectivity index (χ0v) is 13.9. The summed E-state index contributed by atoms with van der Waals surface area (Å²) < 4.78 is 10.4. The second-order valence-electron chi connectivity index (χ2n) is 5.12. The Kier molecular flexibility index (Phi) is 7.16. The molecule has 2 rings (SSSR count). The van der Waals surface area contributed by atoms with E-state index in [1.54, 1.807) is 31.6 Å². The minimum atomic E-state index is -0.415. The van der Waals surface area contributed by atoms with Crippen molar-refractivity contribution in [3.05, 3.63) is 65.5 Å². The average molecular weight is 337 g/mol. The van der Waals surface area contributed by atoms with Crippen LogP contribution in [0.4, 0.5) is 0 Å². The first-order valence-corrected chi connectivity index (χ1v) is 7.74. The van der Waals surface area contributed by atoms with Crippen LogP contribution in [-0.2, 0) is 16.0 Å². The first-order valence-electron chi connectivity index (χ1n) is 7.74. The van der Waals surface area contributed by atoms with E-state index in [0.717, 1.165) is 5.56 Å². The van der Waals surface area contributed by atoms with Crippen molar-refractivity contribution in [3.63, 3.8) is 0 Å². The van der Waals surface area contributed by atoms with Crippen LogP contribution in [0.5, 0.6) is 5.75 Å². The summed E-state index contributed by atoms with van der Waals surface area (Å²) in [5.41, 5.74) is 1.69. The van der Waals surface area contributed by atoms with Gasteiger partial charge in [0, 0.05) is 26.0 Å². The van der Waals surface area contributed by atoms with E-state index in [1.807, 2.05) is 30.3 Å². The van der Waals surface area contributed by atoms with Crippen LogP contribution in [0.3, 0.4) is 0 Å². The Bertz CT molecular complexity index is 767. The molecule has 0 bridgehead atoms. The van der Waals surface area contributed by atoms with Crippen LogP contribution in [0.25, 0.3) is 6.08 Å². The molecule has 0 aliphatic heterocycles. The van der Waals surface area contributed by atoms with Crippen molar-refractivity contribution in [2.45, 2.75) is 6.42 Å². The van der Waals surface area contributed by atoms with Gasteiger partial charge in [-0.15, -0.1) is 0 Å². The van der Waals surface area contributed by atoms with Gasteiger partial charge < -0.3 is 14.8 Å². The van der Waals surface area contributed by atoms with Crippen LogP contribution in [0, 0.1) is 11.3 Å². The Morgan fingerprint density at radius 1 is 1.32 bits per heavy atom. The van der Waals surface area contributed by atoms with Crippen molar-refractivity contribution in [3.8, 4) is 11.8 Å². The summed E-state index contributed by atoms with van der Waals surface area (Å²) in [4.78, 5) is 16.1. The summed E-state index contributed by atoms with van der Waals surface area (Å²) in [6.45, 7) is 0.550. The summed E-state index contributed by atoms with van der Waals surface area (Å²) >= 11 is 0. The van der Waals surface area contributed by atoms with E-state index in [-0.39, 0.29) is 12.4 Å². The number of pyridine rings is 1. The Hall–Kier alpha value is -3.17. The number of benzene rings is 1. The van der Waals surface area contributed by atoms with Crippen molar-refractivity contribution in [2.24, 2.45) is 0 Å². The lowest BCUT2D eigenvalue weighted by Gasteiger charge is -2.11. The van der Waals surface area contributed by atoms with Crippen molar-refractivity contribution >= 4 is 12.0 Å². The SMILES string of the molecule is COCOc1ccccc1CCNC(=O)C(C#N)=Cc1cccnc1. The third kappa shape index (κ3) is 5.75. The summed E-state index contributed by atoms with van der Waals surface area (Å²) in [7, 11) is 1.56. The van der Waals surface area contributed by atoms with Gasteiger partial charge in [0.25, 0.3) is 5.91 Å². The standard InChI is InChI=1S/C19H19N3O3/c1-24-14-25-18-7-3-2-6-16(18)8-10-22-19(23)17(12-20)11-15-5-4-9-21-13-15/h2-7,9,11,13H,8,10,14H2,1H3,(H,22,23). The Labute approximate surface area is 146 Å². The van der Waals surface area contributed by atoms with Gasteiger partial charge in [-0.2, -0.15) is 5.26 Å². The quantitative estimate of drug-likeness (QED) is 0.454. The van der Waals surface area contributed by atoms with E-state index >= 15 is 0 Å². The molecule has 0 aliphatic carbocycles. The number of hydrogen-bond acceptors (Lipinski definition) is 5. The normalized spacial score (nSPS) is 10.8. The molecule has 1 amide bonds. The minimum Gasteiger partial charge on any atom is -0.467 e. The molecule has 0 fully saturated rings. The maximum absolute atomic E-state index is 12.2. The lowest BCUT2D eigenvalue weighted by Crippen LogP contribution is -2.26. The Morgan fingerprint density at radius 2 is 2.16 bits per heavy atom. The number of para-hydroxylation sites is 1. The molecule has 0 spiro atoms. The molecular formula is C19H19N3O3. The fourth-order valence-electron chi connectivity index (χ4n) is 2.16. The number of nitriles is 1. The number of ether oxygens (including phenoxy) is 2. The number of aromatic nitrogens is 1. The second kappa shape index (κ2) is 9.85. The maximum atomic E-state index is 12.2. The van der Waals surface area contributed by atoms with Gasteiger partial charge >= 0.3 is 0 Å². The van der Waals surface area contributed by atoms with E-state index in [2.05, 4.69) is 10.3 Å². The van der Waals surface area contributed by atoms with Crippen LogP contribution in [-0.4, -0.2) is 31.3 Å². The Morgan fingerprint density at radius 3 is 2.88 bits per heavy atom. The van der Waals surface area contributed by atoms with Gasteiger partial charge in [0.1, 0.15) is 17.4 Å². The maximum Gasteiger partial charge on any atom is 0.261 e. The summed E-state index contributed by atoms with van der Waals surface area (Å²) in [5, 5.41) is 11.9.